The molecular formula is C13H17BrO2S. The van der Waals surface area contributed by atoms with Gasteiger partial charge in [-0.2, -0.15) is 11.8 Å². The second kappa shape index (κ2) is 6.12. The van der Waals surface area contributed by atoms with Crippen LogP contribution in [0.3, 0.4) is 0 Å². The molecule has 0 amide bonds. The first-order chi connectivity index (χ1) is 8.20. The fraction of sp³-hybridized carbons (Fsp3) is 0.538. The number of rotatable bonds is 4. The minimum Gasteiger partial charge on any atom is -0.490 e. The van der Waals surface area contributed by atoms with E-state index in [-0.39, 0.29) is 12.2 Å². The molecule has 1 N–H and O–H groups in total. The molecule has 0 aromatic heterocycles. The van der Waals surface area contributed by atoms with Crippen LogP contribution in [0.15, 0.2) is 22.7 Å². The van der Waals surface area contributed by atoms with E-state index in [1.165, 1.54) is 0 Å². The number of hydrogen-bond acceptors (Lipinski definition) is 3. The molecule has 0 bridgehead atoms. The van der Waals surface area contributed by atoms with Crippen LogP contribution in [-0.4, -0.2) is 23.2 Å². The van der Waals surface area contributed by atoms with Crippen LogP contribution in [0.2, 0.25) is 0 Å². The van der Waals surface area contributed by atoms with E-state index in [1.807, 2.05) is 30.0 Å². The van der Waals surface area contributed by atoms with E-state index in [2.05, 4.69) is 22.2 Å². The van der Waals surface area contributed by atoms with Crippen LogP contribution in [0.1, 0.15) is 30.9 Å². The van der Waals surface area contributed by atoms with Crippen LogP contribution in [0.25, 0.3) is 0 Å². The third-order valence-corrected chi connectivity index (χ3v) is 4.18. The molecule has 0 fully saturated rings. The maximum Gasteiger partial charge on any atom is 0.126 e. The van der Waals surface area contributed by atoms with Crippen LogP contribution in [-0.2, 0) is 0 Å². The number of aliphatic hydroxyl groups is 1. The van der Waals surface area contributed by atoms with Gasteiger partial charge in [-0.05, 0) is 37.0 Å². The standard InChI is InChI=1S/C13H17BrO2S/c1-17-6-2-3-10-8-12(15)11-5-4-9(14)7-13(11)16-10/h4-5,7,10,12,15H,2-3,6,8H2,1H3. The minimum atomic E-state index is -0.383. The Hall–Kier alpha value is -0.190. The summed E-state index contributed by atoms with van der Waals surface area (Å²) in [5.74, 6) is 1.98. The fourth-order valence-corrected chi connectivity index (χ4v) is 2.92. The zero-order valence-electron chi connectivity index (χ0n) is 9.86. The average Bonchev–Trinajstić information content (AvgIpc) is 2.28. The normalized spacial score (nSPS) is 23.0. The van der Waals surface area contributed by atoms with Gasteiger partial charge in [0, 0.05) is 16.5 Å². The van der Waals surface area contributed by atoms with Gasteiger partial charge in [-0.3, -0.25) is 0 Å². The lowest BCUT2D eigenvalue weighted by Crippen LogP contribution is -2.25. The monoisotopic (exact) mass is 316 g/mol. The maximum absolute atomic E-state index is 10.1. The zero-order chi connectivity index (χ0) is 12.3. The largest absolute Gasteiger partial charge is 0.490 e. The molecule has 0 radical (unpaired) electrons. The summed E-state index contributed by atoms with van der Waals surface area (Å²) >= 11 is 5.28. The van der Waals surface area contributed by atoms with Crippen molar-refractivity contribution in [2.45, 2.75) is 31.5 Å². The molecule has 2 unspecified atom stereocenters. The number of halogens is 1. The molecule has 2 nitrogen and oxygen atoms in total. The van der Waals surface area contributed by atoms with E-state index in [1.54, 1.807) is 0 Å². The number of hydrogen-bond donors (Lipinski definition) is 1. The van der Waals surface area contributed by atoms with Gasteiger partial charge in [0.15, 0.2) is 0 Å². The lowest BCUT2D eigenvalue weighted by atomic mass is 9.97. The van der Waals surface area contributed by atoms with Crippen molar-refractivity contribution in [3.8, 4) is 5.75 Å². The van der Waals surface area contributed by atoms with E-state index < -0.39 is 0 Å². The zero-order valence-corrected chi connectivity index (χ0v) is 12.3. The van der Waals surface area contributed by atoms with Crippen molar-refractivity contribution in [1.29, 1.82) is 0 Å². The molecule has 2 rings (SSSR count). The topological polar surface area (TPSA) is 29.5 Å². The van der Waals surface area contributed by atoms with E-state index in [0.29, 0.717) is 6.42 Å². The molecule has 0 saturated carbocycles. The summed E-state index contributed by atoms with van der Waals surface area (Å²) in [5.41, 5.74) is 0.911. The SMILES string of the molecule is CSCCCC1CC(O)c2ccc(Br)cc2O1. The molecule has 17 heavy (non-hydrogen) atoms. The molecule has 94 valence electrons. The summed E-state index contributed by atoms with van der Waals surface area (Å²) < 4.78 is 6.92. The summed E-state index contributed by atoms with van der Waals surface area (Å²) in [7, 11) is 0. The summed E-state index contributed by atoms with van der Waals surface area (Å²) in [6, 6.07) is 5.82. The van der Waals surface area contributed by atoms with Crippen molar-refractivity contribution in [3.05, 3.63) is 28.2 Å². The molecule has 1 aliphatic heterocycles. The number of aliphatic hydroxyl groups excluding tert-OH is 1. The average molecular weight is 317 g/mol. The first-order valence-electron chi connectivity index (χ1n) is 5.84. The molecule has 1 heterocycles. The van der Waals surface area contributed by atoms with Crippen LogP contribution in [0, 0.1) is 0 Å². The van der Waals surface area contributed by atoms with E-state index >= 15 is 0 Å². The summed E-state index contributed by atoms with van der Waals surface area (Å²) in [6.45, 7) is 0. The summed E-state index contributed by atoms with van der Waals surface area (Å²) in [6.07, 6.45) is 4.75. The van der Waals surface area contributed by atoms with Gasteiger partial charge in [0.1, 0.15) is 11.9 Å². The lowest BCUT2D eigenvalue weighted by Gasteiger charge is -2.29. The number of fused-ring (bicyclic) bond motifs is 1. The maximum atomic E-state index is 10.1. The third-order valence-electron chi connectivity index (χ3n) is 2.99. The second-order valence-electron chi connectivity index (χ2n) is 4.31. The molecular weight excluding hydrogens is 300 g/mol. The van der Waals surface area contributed by atoms with Crippen LogP contribution >= 0.6 is 27.7 Å². The van der Waals surface area contributed by atoms with Gasteiger partial charge in [-0.25, -0.2) is 0 Å². The molecule has 1 aromatic rings. The van der Waals surface area contributed by atoms with Crippen molar-refractivity contribution in [2.24, 2.45) is 0 Å². The van der Waals surface area contributed by atoms with Crippen LogP contribution in [0.5, 0.6) is 5.75 Å². The first kappa shape index (κ1) is 13.2. The van der Waals surface area contributed by atoms with Crippen LogP contribution < -0.4 is 4.74 Å². The number of thioether (sulfide) groups is 1. The third kappa shape index (κ3) is 3.39. The van der Waals surface area contributed by atoms with Gasteiger partial charge in [0.2, 0.25) is 0 Å². The first-order valence-corrected chi connectivity index (χ1v) is 8.02. The molecule has 4 heteroatoms. The quantitative estimate of drug-likeness (QED) is 0.857. The summed E-state index contributed by atoms with van der Waals surface area (Å²) in [5, 5.41) is 10.1. The number of benzene rings is 1. The van der Waals surface area contributed by atoms with Gasteiger partial charge in [-0.15, -0.1) is 0 Å². The van der Waals surface area contributed by atoms with Crippen molar-refractivity contribution >= 4 is 27.7 Å². The Labute approximate surface area is 115 Å². The van der Waals surface area contributed by atoms with Gasteiger partial charge in [0.05, 0.1) is 6.10 Å². The fourth-order valence-electron chi connectivity index (χ4n) is 2.12. The smallest absolute Gasteiger partial charge is 0.126 e. The van der Waals surface area contributed by atoms with E-state index in [4.69, 9.17) is 4.74 Å². The van der Waals surface area contributed by atoms with Gasteiger partial charge in [-0.1, -0.05) is 22.0 Å². The Morgan fingerprint density at radius 3 is 3.12 bits per heavy atom. The summed E-state index contributed by atoms with van der Waals surface area (Å²) in [4.78, 5) is 0. The highest BCUT2D eigenvalue weighted by molar-refractivity contribution is 9.10. The molecule has 0 spiro atoms. The Morgan fingerprint density at radius 2 is 2.35 bits per heavy atom. The highest BCUT2D eigenvalue weighted by Gasteiger charge is 2.26. The second-order valence-corrected chi connectivity index (χ2v) is 6.21. The van der Waals surface area contributed by atoms with E-state index in [9.17, 15) is 5.11 Å². The number of ether oxygens (including phenoxy) is 1. The van der Waals surface area contributed by atoms with Crippen molar-refractivity contribution in [3.63, 3.8) is 0 Å². The predicted molar refractivity (Wildman–Crippen MR) is 75.8 cm³/mol. The Kier molecular flexibility index (Phi) is 4.77. The molecule has 1 aromatic carbocycles. The predicted octanol–water partition coefficient (Wildman–Crippen LogP) is 3.78. The lowest BCUT2D eigenvalue weighted by molar-refractivity contribution is 0.0616. The molecule has 1 aliphatic rings. The van der Waals surface area contributed by atoms with Crippen molar-refractivity contribution < 1.29 is 9.84 Å². The minimum absolute atomic E-state index is 0.152. The van der Waals surface area contributed by atoms with Crippen molar-refractivity contribution in [2.75, 3.05) is 12.0 Å². The molecule has 2 atom stereocenters. The molecule has 0 saturated heterocycles. The van der Waals surface area contributed by atoms with Gasteiger partial charge < -0.3 is 9.84 Å². The van der Waals surface area contributed by atoms with Gasteiger partial charge >= 0.3 is 0 Å². The Balaban J connectivity index is 2.04. The van der Waals surface area contributed by atoms with Crippen LogP contribution in [0.4, 0.5) is 0 Å². The van der Waals surface area contributed by atoms with E-state index in [0.717, 1.165) is 34.4 Å². The highest BCUT2D eigenvalue weighted by atomic mass is 79.9. The Morgan fingerprint density at radius 1 is 1.53 bits per heavy atom. The van der Waals surface area contributed by atoms with Gasteiger partial charge in [0.25, 0.3) is 0 Å². The van der Waals surface area contributed by atoms with Crippen molar-refractivity contribution in [1.82, 2.24) is 0 Å². The molecule has 0 aliphatic carbocycles. The Bertz CT molecular complexity index is 384. The highest BCUT2D eigenvalue weighted by Crippen LogP contribution is 2.37.